The fourth-order valence-corrected chi connectivity index (χ4v) is 16.4. The van der Waals surface area contributed by atoms with E-state index in [1.165, 1.54) is 36.2 Å². The average Bonchev–Trinajstić information content (AvgIpc) is 3.99. The van der Waals surface area contributed by atoms with E-state index < -0.39 is 98.7 Å². The molecule has 4 bridgehead atoms. The third-order valence-electron chi connectivity index (χ3n) is 13.3. The number of aromatic amines is 2. The second-order valence-corrected chi connectivity index (χ2v) is 39.1. The van der Waals surface area contributed by atoms with Gasteiger partial charge in [-0.3, -0.25) is 58.0 Å². The molecule has 3 aliphatic rings. The van der Waals surface area contributed by atoms with E-state index in [2.05, 4.69) is 108 Å². The maximum atomic E-state index is 13.4. The minimum atomic E-state index is -4.27. The van der Waals surface area contributed by atoms with Crippen LogP contribution < -0.4 is 21.8 Å². The Balaban J connectivity index is 1.34. The highest BCUT2D eigenvalue weighted by Crippen LogP contribution is 2.60. The maximum absolute atomic E-state index is 13.4. The van der Waals surface area contributed by atoms with Crippen molar-refractivity contribution in [3.63, 3.8) is 0 Å². The number of aromatic nitrogens is 8. The van der Waals surface area contributed by atoms with Crippen LogP contribution in [0.4, 0.5) is 11.9 Å². The maximum Gasteiger partial charge on any atom is 0.325 e. The van der Waals surface area contributed by atoms with E-state index in [0.29, 0.717) is 0 Å². The first-order chi connectivity index (χ1) is 32.2. The summed E-state index contributed by atoms with van der Waals surface area (Å²) in [6.45, 7) is 18.4. The molecule has 30 heteroatoms. The molecule has 10 atom stereocenters. The van der Waals surface area contributed by atoms with Crippen LogP contribution in [0.25, 0.3) is 22.3 Å². The molecular formula is C40H64N10O12P2S4Si2. The van der Waals surface area contributed by atoms with Crippen LogP contribution in [0.5, 0.6) is 0 Å². The summed E-state index contributed by atoms with van der Waals surface area (Å²) in [4.78, 5) is 100. The van der Waals surface area contributed by atoms with Crippen molar-refractivity contribution < 1.29 is 46.3 Å². The molecule has 6 N–H and O–H groups in total. The number of imidazole rings is 2. The van der Waals surface area contributed by atoms with Crippen LogP contribution in [-0.2, 0) is 60.1 Å². The number of thioether (sulfide) groups is 2. The first-order valence-corrected chi connectivity index (χ1v) is 35.6. The Bertz CT molecular complexity index is 2680. The van der Waals surface area contributed by atoms with Crippen molar-refractivity contribution in [2.45, 2.75) is 151 Å². The molecule has 2 amide bonds. The highest BCUT2D eigenvalue weighted by atomic mass is 32.5. The minimum absolute atomic E-state index is 0.0225. The minimum Gasteiger partial charge on any atom is -0.410 e. The largest absolute Gasteiger partial charge is 0.410 e. The van der Waals surface area contributed by atoms with Crippen molar-refractivity contribution in [2.75, 3.05) is 23.8 Å². The molecule has 388 valence electrons. The summed E-state index contributed by atoms with van der Waals surface area (Å²) < 4.78 is 43.6. The van der Waals surface area contributed by atoms with Crippen molar-refractivity contribution in [3.8, 4) is 0 Å². The predicted octanol–water partition coefficient (Wildman–Crippen LogP) is 6.70. The third kappa shape index (κ3) is 11.7. The molecule has 0 spiro atoms. The van der Waals surface area contributed by atoms with Gasteiger partial charge in [-0.1, -0.05) is 69.2 Å². The van der Waals surface area contributed by atoms with Gasteiger partial charge in [0, 0.05) is 11.8 Å². The van der Waals surface area contributed by atoms with Crippen molar-refractivity contribution in [3.05, 3.63) is 33.4 Å². The highest BCUT2D eigenvalue weighted by molar-refractivity contribution is 8.07. The van der Waals surface area contributed by atoms with E-state index >= 15 is 0 Å². The normalized spacial score (nSPS) is 29.5. The molecule has 70 heavy (non-hydrogen) atoms. The molecule has 4 aromatic heterocycles. The second-order valence-electron chi connectivity index (χ2n) is 21.2. The number of nitrogens with zero attached hydrogens (tertiary/aromatic N) is 6. The van der Waals surface area contributed by atoms with Gasteiger partial charge in [0.2, 0.25) is 23.7 Å². The van der Waals surface area contributed by atoms with E-state index in [1.54, 1.807) is 36.8 Å². The Labute approximate surface area is 426 Å². The van der Waals surface area contributed by atoms with Gasteiger partial charge in [-0.25, -0.2) is 9.97 Å². The van der Waals surface area contributed by atoms with Gasteiger partial charge in [-0.15, -0.1) is 23.5 Å². The van der Waals surface area contributed by atoms with Crippen LogP contribution in [0, 0.1) is 11.8 Å². The number of fused-ring (bicyclic) bond motifs is 6. The zero-order valence-corrected chi connectivity index (χ0v) is 48.6. The lowest BCUT2D eigenvalue weighted by atomic mass is 10.1. The highest BCUT2D eigenvalue weighted by Gasteiger charge is 2.56. The van der Waals surface area contributed by atoms with Crippen LogP contribution in [0.1, 0.15) is 80.0 Å². The number of nitrogens with one attached hydrogen (secondary N) is 4. The number of carbonyl (C=O) groups is 2. The molecule has 0 aliphatic carbocycles. The molecule has 3 saturated heterocycles. The van der Waals surface area contributed by atoms with Gasteiger partial charge in [-0.05, 0) is 59.9 Å². The van der Waals surface area contributed by atoms with Gasteiger partial charge in [0.15, 0.2) is 39.0 Å². The Morgan fingerprint density at radius 1 is 0.729 bits per heavy atom. The second kappa shape index (κ2) is 20.1. The van der Waals surface area contributed by atoms with Crippen LogP contribution in [0.15, 0.2) is 22.2 Å². The number of H-pyrrole nitrogens is 2. The zero-order chi connectivity index (χ0) is 51.8. The van der Waals surface area contributed by atoms with Crippen LogP contribution >= 0.6 is 37.0 Å². The standard InChI is InChI=1S/C40H64N10O12P2S4Si2/c1-19(2)31(51)45-37-43-29-23(33(53)47-37)41-17-49(29)35-27-25(61-69(11,12)39(5,6)7)21(67-35)15-57-64(56,66)60-28-26(62-70(13,14)40(8,9)10)22(16-58-63(55,65)59-27)68-36(28)50-18-42-24-30(50)44-38(48-34(24)54)46-32(52)20(3)4/h17-22,25-28,35-36H,15-16H2,1-14H3,(H,55,65)(H,56,66)(H2,43,45,47,51,53)(H2,44,46,48,52,54)/t21-,22-,25-,26-,27-,28-,35-,36-,63?,64?/m1/s1. The molecule has 3 fully saturated rings. The summed E-state index contributed by atoms with van der Waals surface area (Å²) in [7, 11) is -5.42. The topological polar surface area (TPSA) is 281 Å². The Kier molecular flexibility index (Phi) is 16.0. The average molecular weight is 1120 g/mol. The number of hydrogen-bond donors (Lipinski definition) is 6. The quantitative estimate of drug-likeness (QED) is 0.0711. The van der Waals surface area contributed by atoms with Gasteiger partial charge >= 0.3 is 13.4 Å². The van der Waals surface area contributed by atoms with Gasteiger partial charge in [-0.2, -0.15) is 9.97 Å². The van der Waals surface area contributed by atoms with Crippen molar-refractivity contribution in [2.24, 2.45) is 11.8 Å². The summed E-state index contributed by atoms with van der Waals surface area (Å²) in [5, 5.41) is 1.54. The molecule has 7 rings (SSSR count). The summed E-state index contributed by atoms with van der Waals surface area (Å²) in [6, 6.07) is 0. The lowest BCUT2D eigenvalue weighted by molar-refractivity contribution is -0.119. The van der Waals surface area contributed by atoms with Crippen LogP contribution in [0.3, 0.4) is 0 Å². The molecule has 0 aromatic carbocycles. The number of anilines is 2. The zero-order valence-electron chi connectivity index (χ0n) is 41.5. The lowest BCUT2D eigenvalue weighted by Crippen LogP contribution is -2.50. The summed E-state index contributed by atoms with van der Waals surface area (Å²) in [6.07, 6.45) is -1.19. The van der Waals surface area contributed by atoms with E-state index in [4.69, 9.17) is 50.6 Å². The molecule has 22 nitrogen and oxygen atoms in total. The van der Waals surface area contributed by atoms with Gasteiger partial charge in [0.1, 0.15) is 23.0 Å². The molecule has 4 aromatic rings. The van der Waals surface area contributed by atoms with E-state index in [9.17, 15) is 29.0 Å². The predicted molar refractivity (Wildman–Crippen MR) is 283 cm³/mol. The number of hydrogen-bond acceptors (Lipinski definition) is 18. The number of amides is 2. The Morgan fingerprint density at radius 2 is 1.07 bits per heavy atom. The first kappa shape index (κ1) is 55.5. The smallest absolute Gasteiger partial charge is 0.325 e. The van der Waals surface area contributed by atoms with Crippen molar-refractivity contribution in [1.29, 1.82) is 0 Å². The van der Waals surface area contributed by atoms with Crippen LogP contribution in [0.2, 0.25) is 36.3 Å². The molecule has 2 unspecified atom stereocenters. The van der Waals surface area contributed by atoms with Gasteiger partial charge < -0.3 is 27.7 Å². The van der Waals surface area contributed by atoms with Crippen molar-refractivity contribution in [1.82, 2.24) is 39.0 Å². The fraction of sp³-hybridized carbons (Fsp3) is 0.700. The molecule has 3 aliphatic heterocycles. The Hall–Kier alpha value is -2.25. The van der Waals surface area contributed by atoms with E-state index in [-0.39, 0.29) is 69.3 Å². The molecular weight excluding hydrogens is 1060 g/mol. The fourth-order valence-electron chi connectivity index (χ4n) is 7.24. The SMILES string of the molecule is CC(C)C(=O)Nc1nc2c(ncn2[C@@H]2S[C@@H]3COP(O)(=S)O[C@@H]4[C@H](O[Si](C)(C)C(C)(C)C)[C@@H](COP(O)(=S)O[C@@H]2[C@@H]3O[Si](C)(C)C(C)(C)C)S[C@H]4n2cnc3c(=O)[nH]c(NC(=O)C(C)C)nc32)c(=O)[nH]1. The monoisotopic (exact) mass is 1120 g/mol. The summed E-state index contributed by atoms with van der Waals surface area (Å²) in [5.41, 5.74) is -1.05. The Morgan fingerprint density at radius 3 is 1.39 bits per heavy atom. The third-order valence-corrected chi connectivity index (χ3v) is 28.4. The van der Waals surface area contributed by atoms with Crippen molar-refractivity contribution >= 4 is 123 Å². The van der Waals surface area contributed by atoms with E-state index in [1.807, 2.05) is 0 Å². The van der Waals surface area contributed by atoms with E-state index in [0.717, 1.165) is 0 Å². The molecule has 0 radical (unpaired) electrons. The number of rotatable bonds is 10. The van der Waals surface area contributed by atoms with Crippen LogP contribution in [-0.4, -0.2) is 125 Å². The molecule has 0 saturated carbocycles. The number of carbonyl (C=O) groups excluding carboxylic acids is 2. The first-order valence-electron chi connectivity index (χ1n) is 22.7. The summed E-state index contributed by atoms with van der Waals surface area (Å²) >= 11 is 14.3. The lowest BCUT2D eigenvalue weighted by Gasteiger charge is -2.42. The molecule has 7 heterocycles. The van der Waals surface area contributed by atoms with Gasteiger partial charge in [0.05, 0.1) is 48.6 Å². The summed E-state index contributed by atoms with van der Waals surface area (Å²) in [5.74, 6) is -1.76. The van der Waals surface area contributed by atoms with Gasteiger partial charge in [0.25, 0.3) is 11.1 Å².